The molecule has 2 aromatic heterocycles. The number of benzene rings is 1. The van der Waals surface area contributed by atoms with E-state index in [1.54, 1.807) is 6.07 Å². The summed E-state index contributed by atoms with van der Waals surface area (Å²) in [5.41, 5.74) is 1.62. The second kappa shape index (κ2) is 7.10. The minimum atomic E-state index is -0.271. The molecule has 4 aliphatic carbocycles. The number of hydrogen-bond donors (Lipinski definition) is 2. The van der Waals surface area contributed by atoms with Gasteiger partial charge in [-0.25, -0.2) is 9.97 Å². The van der Waals surface area contributed by atoms with Crippen molar-refractivity contribution in [2.75, 3.05) is 0 Å². The number of aromatic nitrogens is 2. The van der Waals surface area contributed by atoms with E-state index in [1.165, 1.54) is 17.8 Å². The highest BCUT2D eigenvalue weighted by Crippen LogP contribution is 2.57. The number of thiazole rings is 1. The van der Waals surface area contributed by atoms with Crippen molar-refractivity contribution in [2.24, 2.45) is 11.8 Å². The number of nitrogens with zero attached hydrogens (tertiary/aromatic N) is 2. The highest BCUT2D eigenvalue weighted by atomic mass is 32.1. The zero-order valence-electron chi connectivity index (χ0n) is 18.1. The first-order valence-corrected chi connectivity index (χ1v) is 12.2. The molecule has 2 heterocycles. The van der Waals surface area contributed by atoms with Gasteiger partial charge in [-0.05, 0) is 81.5 Å². The molecule has 7 heteroatoms. The molecule has 2 atom stereocenters. The van der Waals surface area contributed by atoms with E-state index in [-0.39, 0.29) is 22.9 Å². The summed E-state index contributed by atoms with van der Waals surface area (Å²) >= 11 is 1.44. The minimum Gasteiger partial charge on any atom is -0.345 e. The maximum Gasteiger partial charge on any atom is 0.280 e. The van der Waals surface area contributed by atoms with Gasteiger partial charge in [-0.15, -0.1) is 11.3 Å². The number of aryl methyl sites for hydroxylation is 1. The Kier molecular flexibility index (Phi) is 4.41. The molecule has 7 rings (SSSR count). The van der Waals surface area contributed by atoms with E-state index in [4.69, 9.17) is 0 Å². The van der Waals surface area contributed by atoms with E-state index >= 15 is 0 Å². The Morgan fingerprint density at radius 2 is 1.59 bits per heavy atom. The highest BCUT2D eigenvalue weighted by molar-refractivity contribution is 7.20. The Morgan fingerprint density at radius 1 is 0.906 bits per heavy atom. The van der Waals surface area contributed by atoms with Gasteiger partial charge in [0.1, 0.15) is 5.69 Å². The standard InChI is InChI=1S/C25H26N4O2S/c1-15-5-4-7-19(26-15)21(30)28-24-10-16-9-17(11-24)13-25(12-16,14-24)29-22(31)23-27-18-6-2-3-8-20(18)32-23/h2-8,16-17H,9-14H2,1H3,(H,28,30)(H,29,31). The number of amides is 2. The number of pyridine rings is 1. The summed E-state index contributed by atoms with van der Waals surface area (Å²) in [6, 6.07) is 13.4. The monoisotopic (exact) mass is 446 g/mol. The molecule has 1 aromatic carbocycles. The van der Waals surface area contributed by atoms with E-state index in [0.29, 0.717) is 22.5 Å². The number of carbonyl (C=O) groups excluding carboxylic acids is 2. The van der Waals surface area contributed by atoms with Crippen molar-refractivity contribution < 1.29 is 9.59 Å². The van der Waals surface area contributed by atoms with Crippen LogP contribution < -0.4 is 10.6 Å². The molecule has 0 saturated heterocycles. The van der Waals surface area contributed by atoms with Crippen molar-refractivity contribution in [2.45, 2.75) is 56.5 Å². The van der Waals surface area contributed by atoms with Crippen molar-refractivity contribution in [3.8, 4) is 0 Å². The number of rotatable bonds is 4. The third kappa shape index (κ3) is 3.39. The Balaban J connectivity index is 1.25. The number of para-hydroxylation sites is 1. The zero-order valence-corrected chi connectivity index (χ0v) is 18.9. The number of nitrogens with one attached hydrogen (secondary N) is 2. The van der Waals surface area contributed by atoms with E-state index in [0.717, 1.165) is 48.0 Å². The summed E-state index contributed by atoms with van der Waals surface area (Å²) in [5.74, 6) is 0.855. The molecule has 4 saturated carbocycles. The predicted molar refractivity (Wildman–Crippen MR) is 124 cm³/mol. The van der Waals surface area contributed by atoms with E-state index in [9.17, 15) is 9.59 Å². The summed E-state index contributed by atoms with van der Waals surface area (Å²) in [6.45, 7) is 1.90. The van der Waals surface area contributed by atoms with Crippen LogP contribution in [0.3, 0.4) is 0 Å². The molecule has 3 aromatic rings. The molecule has 2 amide bonds. The number of fused-ring (bicyclic) bond motifs is 1. The molecule has 32 heavy (non-hydrogen) atoms. The van der Waals surface area contributed by atoms with Gasteiger partial charge in [0.25, 0.3) is 11.8 Å². The lowest BCUT2D eigenvalue weighted by Crippen LogP contribution is -2.69. The van der Waals surface area contributed by atoms with Gasteiger partial charge in [-0.1, -0.05) is 18.2 Å². The molecule has 0 radical (unpaired) electrons. The van der Waals surface area contributed by atoms with Crippen molar-refractivity contribution >= 4 is 33.4 Å². The third-order valence-electron chi connectivity index (χ3n) is 7.43. The fraction of sp³-hybridized carbons (Fsp3) is 0.440. The van der Waals surface area contributed by atoms with Crippen molar-refractivity contribution in [3.63, 3.8) is 0 Å². The van der Waals surface area contributed by atoms with Crippen molar-refractivity contribution in [1.29, 1.82) is 0 Å². The Hall–Kier alpha value is -2.80. The van der Waals surface area contributed by atoms with E-state index in [2.05, 4.69) is 20.6 Å². The topological polar surface area (TPSA) is 84.0 Å². The molecule has 2 N–H and O–H groups in total. The lowest BCUT2D eigenvalue weighted by Gasteiger charge is -2.62. The molecular formula is C25H26N4O2S. The van der Waals surface area contributed by atoms with Crippen LogP contribution in [0.4, 0.5) is 0 Å². The first kappa shape index (κ1) is 19.9. The SMILES string of the molecule is Cc1cccc(C(=O)NC23CC4CC(C2)CC(NC(=O)c2nc5ccccc5s2)(C4)C3)n1. The van der Waals surface area contributed by atoms with Crippen LogP contribution in [0.1, 0.15) is 64.5 Å². The van der Waals surface area contributed by atoms with Gasteiger partial charge in [0.05, 0.1) is 10.2 Å². The predicted octanol–water partition coefficient (Wildman–Crippen LogP) is 4.25. The van der Waals surface area contributed by atoms with Crippen LogP contribution in [-0.2, 0) is 0 Å². The lowest BCUT2D eigenvalue weighted by molar-refractivity contribution is -0.0448. The van der Waals surface area contributed by atoms with Gasteiger partial charge >= 0.3 is 0 Å². The van der Waals surface area contributed by atoms with Crippen LogP contribution >= 0.6 is 11.3 Å². The van der Waals surface area contributed by atoms with Crippen molar-refractivity contribution in [3.05, 3.63) is 58.9 Å². The Labute approximate surface area is 190 Å². The van der Waals surface area contributed by atoms with E-state index in [1.807, 2.05) is 43.3 Å². The molecular weight excluding hydrogens is 420 g/mol. The molecule has 0 aliphatic heterocycles. The molecule has 0 spiro atoms. The maximum absolute atomic E-state index is 13.2. The average molecular weight is 447 g/mol. The van der Waals surface area contributed by atoms with Crippen LogP contribution in [0.5, 0.6) is 0 Å². The molecule has 4 aliphatic rings. The average Bonchev–Trinajstić information content (AvgIpc) is 3.17. The third-order valence-corrected chi connectivity index (χ3v) is 8.46. The van der Waals surface area contributed by atoms with Crippen LogP contribution in [0, 0.1) is 18.8 Å². The fourth-order valence-corrected chi connectivity index (χ4v) is 7.65. The number of hydrogen-bond acceptors (Lipinski definition) is 5. The second-order valence-electron chi connectivity index (χ2n) is 10.1. The van der Waals surface area contributed by atoms with Gasteiger partial charge in [0.15, 0.2) is 5.01 Å². The summed E-state index contributed by atoms with van der Waals surface area (Å²) in [5, 5.41) is 7.27. The first-order valence-electron chi connectivity index (χ1n) is 11.4. The van der Waals surface area contributed by atoms with Gasteiger partial charge in [0, 0.05) is 16.8 Å². The van der Waals surface area contributed by atoms with Crippen LogP contribution in [0.15, 0.2) is 42.5 Å². The van der Waals surface area contributed by atoms with Gasteiger partial charge in [0.2, 0.25) is 0 Å². The van der Waals surface area contributed by atoms with Gasteiger partial charge < -0.3 is 10.6 Å². The summed E-state index contributed by atoms with van der Waals surface area (Å²) in [4.78, 5) is 35.2. The minimum absolute atomic E-state index is 0.0880. The quantitative estimate of drug-likeness (QED) is 0.628. The van der Waals surface area contributed by atoms with Crippen LogP contribution in [0.2, 0.25) is 0 Å². The molecule has 6 nitrogen and oxygen atoms in total. The summed E-state index contributed by atoms with van der Waals surface area (Å²) in [6.07, 6.45) is 5.92. The smallest absolute Gasteiger partial charge is 0.280 e. The van der Waals surface area contributed by atoms with Gasteiger partial charge in [-0.2, -0.15) is 0 Å². The molecule has 4 fully saturated rings. The molecule has 164 valence electrons. The van der Waals surface area contributed by atoms with Crippen LogP contribution in [0.25, 0.3) is 10.2 Å². The fourth-order valence-electron chi connectivity index (χ4n) is 6.79. The Morgan fingerprint density at radius 3 is 2.28 bits per heavy atom. The Bertz CT molecular complexity index is 1190. The van der Waals surface area contributed by atoms with Gasteiger partial charge in [-0.3, -0.25) is 9.59 Å². The largest absolute Gasteiger partial charge is 0.345 e. The lowest BCUT2D eigenvalue weighted by atomic mass is 9.50. The molecule has 4 bridgehead atoms. The normalized spacial score (nSPS) is 30.4. The molecule has 2 unspecified atom stereocenters. The second-order valence-corrected chi connectivity index (χ2v) is 11.1. The summed E-state index contributed by atoms with van der Waals surface area (Å²) < 4.78 is 1.03. The first-order chi connectivity index (χ1) is 15.4. The van der Waals surface area contributed by atoms with Crippen molar-refractivity contribution in [1.82, 2.24) is 20.6 Å². The highest BCUT2D eigenvalue weighted by Gasteiger charge is 2.59. The maximum atomic E-state index is 13.2. The summed E-state index contributed by atoms with van der Waals surface area (Å²) in [7, 11) is 0. The van der Waals surface area contributed by atoms with Crippen LogP contribution in [-0.4, -0.2) is 32.9 Å². The van der Waals surface area contributed by atoms with E-state index < -0.39 is 0 Å². The number of carbonyl (C=O) groups is 2. The zero-order chi connectivity index (χ0) is 21.9.